The third-order valence-corrected chi connectivity index (χ3v) is 5.48. The first-order valence-electron chi connectivity index (χ1n) is 5.76. The summed E-state index contributed by atoms with van der Waals surface area (Å²) in [7, 11) is -2.09. The van der Waals surface area contributed by atoms with Crippen LogP contribution in [0, 0.1) is 6.92 Å². The third-order valence-electron chi connectivity index (χ3n) is 2.50. The Bertz CT molecular complexity index is 710. The topological polar surface area (TPSA) is 94.3 Å². The van der Waals surface area contributed by atoms with E-state index in [0.717, 1.165) is 16.9 Å². The number of aromatic nitrogens is 1. The molecule has 0 amide bonds. The van der Waals surface area contributed by atoms with Gasteiger partial charge in [0, 0.05) is 12.8 Å². The second-order valence-electron chi connectivity index (χ2n) is 4.16. The number of sulfonamides is 1. The van der Waals surface area contributed by atoms with Crippen molar-refractivity contribution in [3.63, 3.8) is 0 Å². The van der Waals surface area contributed by atoms with Gasteiger partial charge in [-0.2, -0.15) is 0 Å². The lowest BCUT2D eigenvalue weighted by Crippen LogP contribution is -2.12. The molecule has 2 aromatic rings. The molecule has 0 saturated heterocycles. The summed E-state index contributed by atoms with van der Waals surface area (Å²) in [4.78, 5) is 3.92. The van der Waals surface area contributed by atoms with Gasteiger partial charge in [0.25, 0.3) is 10.0 Å². The Hall–Kier alpha value is -1.64. The van der Waals surface area contributed by atoms with E-state index < -0.39 is 10.0 Å². The fourth-order valence-corrected chi connectivity index (χ4v) is 4.10. The van der Waals surface area contributed by atoms with Crippen molar-refractivity contribution >= 4 is 32.2 Å². The number of nitrogens with two attached hydrogens (primary N) is 1. The Morgan fingerprint density at radius 3 is 2.80 bits per heavy atom. The number of nitrogens with one attached hydrogen (secondary N) is 1. The van der Waals surface area contributed by atoms with E-state index in [0.29, 0.717) is 18.0 Å². The van der Waals surface area contributed by atoms with Gasteiger partial charge in [-0.1, -0.05) is 23.5 Å². The SMILES string of the molecule is COCc1cccc(NS(=O)(=O)c2sc(N)nc2C)c1. The second kappa shape index (κ2) is 5.78. The molecule has 0 unspecified atom stereocenters. The van der Waals surface area contributed by atoms with E-state index >= 15 is 0 Å². The van der Waals surface area contributed by atoms with Gasteiger partial charge in [-0.15, -0.1) is 0 Å². The molecule has 0 spiro atoms. The number of nitrogens with zero attached hydrogens (tertiary/aromatic N) is 1. The van der Waals surface area contributed by atoms with Crippen LogP contribution in [0.2, 0.25) is 0 Å². The number of hydrogen-bond acceptors (Lipinski definition) is 6. The van der Waals surface area contributed by atoms with Crippen LogP contribution in [0.25, 0.3) is 0 Å². The second-order valence-corrected chi connectivity index (χ2v) is 7.07. The van der Waals surface area contributed by atoms with Gasteiger partial charge in [0.05, 0.1) is 12.3 Å². The predicted octanol–water partition coefficient (Wildman–Crippen LogP) is 1.98. The number of rotatable bonds is 5. The average molecular weight is 313 g/mol. The molecule has 0 aliphatic carbocycles. The van der Waals surface area contributed by atoms with Gasteiger partial charge in [-0.25, -0.2) is 13.4 Å². The summed E-state index contributed by atoms with van der Waals surface area (Å²) in [5, 5.41) is 0.232. The Kier molecular flexibility index (Phi) is 4.26. The molecule has 8 heteroatoms. The average Bonchev–Trinajstić information content (AvgIpc) is 2.69. The highest BCUT2D eigenvalue weighted by atomic mass is 32.2. The van der Waals surface area contributed by atoms with Crippen LogP contribution in [0.4, 0.5) is 10.8 Å². The lowest BCUT2D eigenvalue weighted by molar-refractivity contribution is 0.185. The zero-order valence-electron chi connectivity index (χ0n) is 11.1. The lowest BCUT2D eigenvalue weighted by atomic mass is 10.2. The quantitative estimate of drug-likeness (QED) is 0.880. The van der Waals surface area contributed by atoms with Crippen LogP contribution in [0.1, 0.15) is 11.3 Å². The van der Waals surface area contributed by atoms with Crippen molar-refractivity contribution in [2.24, 2.45) is 0 Å². The Labute approximate surface area is 121 Å². The summed E-state index contributed by atoms with van der Waals surface area (Å²) in [6.07, 6.45) is 0. The lowest BCUT2D eigenvalue weighted by Gasteiger charge is -2.08. The monoisotopic (exact) mass is 313 g/mol. The first-order chi connectivity index (χ1) is 9.42. The maximum absolute atomic E-state index is 12.3. The van der Waals surface area contributed by atoms with E-state index in [1.807, 2.05) is 6.07 Å². The number of nitrogen functional groups attached to an aromatic ring is 1. The van der Waals surface area contributed by atoms with Crippen molar-refractivity contribution in [2.75, 3.05) is 17.6 Å². The van der Waals surface area contributed by atoms with E-state index in [4.69, 9.17) is 10.5 Å². The highest BCUT2D eigenvalue weighted by Gasteiger charge is 2.21. The molecule has 2 rings (SSSR count). The minimum absolute atomic E-state index is 0.132. The molecular formula is C12H15N3O3S2. The van der Waals surface area contributed by atoms with E-state index in [-0.39, 0.29) is 9.34 Å². The smallest absolute Gasteiger partial charge is 0.273 e. The number of aryl methyl sites for hydroxylation is 1. The van der Waals surface area contributed by atoms with Crippen molar-refractivity contribution in [1.29, 1.82) is 0 Å². The Balaban J connectivity index is 2.28. The van der Waals surface area contributed by atoms with Crippen LogP contribution < -0.4 is 10.5 Å². The van der Waals surface area contributed by atoms with E-state index in [1.165, 1.54) is 0 Å². The van der Waals surface area contributed by atoms with Crippen molar-refractivity contribution in [3.8, 4) is 0 Å². The molecule has 6 nitrogen and oxygen atoms in total. The van der Waals surface area contributed by atoms with E-state index in [1.54, 1.807) is 32.2 Å². The molecule has 1 aromatic heterocycles. The summed E-state index contributed by atoms with van der Waals surface area (Å²) in [6, 6.07) is 7.02. The van der Waals surface area contributed by atoms with Crippen LogP contribution in [-0.2, 0) is 21.4 Å². The molecule has 0 aliphatic heterocycles. The van der Waals surface area contributed by atoms with Gasteiger partial charge in [0.15, 0.2) is 9.34 Å². The molecule has 1 heterocycles. The summed E-state index contributed by atoms with van der Waals surface area (Å²) in [5.41, 5.74) is 7.29. The third kappa shape index (κ3) is 3.27. The summed E-state index contributed by atoms with van der Waals surface area (Å²) < 4.78 is 32.2. The number of benzene rings is 1. The zero-order chi connectivity index (χ0) is 14.8. The van der Waals surface area contributed by atoms with Crippen LogP contribution in [0.15, 0.2) is 28.5 Å². The minimum Gasteiger partial charge on any atom is -0.380 e. The number of anilines is 2. The molecule has 0 aliphatic rings. The van der Waals surface area contributed by atoms with Crippen molar-refractivity contribution in [1.82, 2.24) is 4.98 Å². The molecule has 20 heavy (non-hydrogen) atoms. The molecule has 0 atom stereocenters. The van der Waals surface area contributed by atoms with Crippen molar-refractivity contribution < 1.29 is 13.2 Å². The molecule has 0 fully saturated rings. The maximum Gasteiger partial charge on any atom is 0.273 e. The highest BCUT2D eigenvalue weighted by Crippen LogP contribution is 2.27. The fourth-order valence-electron chi connectivity index (χ4n) is 1.74. The molecule has 0 saturated carbocycles. The van der Waals surface area contributed by atoms with Gasteiger partial charge in [-0.05, 0) is 24.6 Å². The molecule has 3 N–H and O–H groups in total. The van der Waals surface area contributed by atoms with Crippen molar-refractivity contribution in [2.45, 2.75) is 17.7 Å². The van der Waals surface area contributed by atoms with E-state index in [9.17, 15) is 8.42 Å². The Morgan fingerprint density at radius 1 is 1.45 bits per heavy atom. The molecule has 108 valence electrons. The fraction of sp³-hybridized carbons (Fsp3) is 0.250. The summed E-state index contributed by atoms with van der Waals surface area (Å²) in [5.74, 6) is 0. The van der Waals surface area contributed by atoms with Gasteiger partial charge in [0.1, 0.15) is 0 Å². The number of hydrogen-bond donors (Lipinski definition) is 2. The molecule has 0 bridgehead atoms. The van der Waals surface area contributed by atoms with Crippen LogP contribution in [0.3, 0.4) is 0 Å². The Morgan fingerprint density at radius 2 is 2.20 bits per heavy atom. The summed E-state index contributed by atoms with van der Waals surface area (Å²) in [6.45, 7) is 2.03. The molecule has 0 radical (unpaired) electrons. The van der Waals surface area contributed by atoms with Crippen molar-refractivity contribution in [3.05, 3.63) is 35.5 Å². The number of methoxy groups -OCH3 is 1. The largest absolute Gasteiger partial charge is 0.380 e. The number of thiazole rings is 1. The van der Waals surface area contributed by atoms with E-state index in [2.05, 4.69) is 9.71 Å². The highest BCUT2D eigenvalue weighted by molar-refractivity contribution is 7.94. The normalized spacial score (nSPS) is 11.5. The number of ether oxygens (including phenoxy) is 1. The van der Waals surface area contributed by atoms with Gasteiger partial charge < -0.3 is 10.5 Å². The van der Waals surface area contributed by atoms with Gasteiger partial charge in [-0.3, -0.25) is 4.72 Å². The summed E-state index contributed by atoms with van der Waals surface area (Å²) >= 11 is 0.947. The zero-order valence-corrected chi connectivity index (χ0v) is 12.7. The van der Waals surface area contributed by atoms with Gasteiger partial charge >= 0.3 is 0 Å². The first-order valence-corrected chi connectivity index (χ1v) is 8.06. The molecular weight excluding hydrogens is 298 g/mol. The van der Waals surface area contributed by atoms with Gasteiger partial charge in [0.2, 0.25) is 0 Å². The first kappa shape index (κ1) is 14.8. The predicted molar refractivity (Wildman–Crippen MR) is 79.2 cm³/mol. The standard InChI is InChI=1S/C12H15N3O3S2/c1-8-11(19-12(13)14-8)20(16,17)15-10-5-3-4-9(6-10)7-18-2/h3-6,15H,7H2,1-2H3,(H2,13,14). The van der Waals surface area contributed by atoms with Crippen LogP contribution in [0.5, 0.6) is 0 Å². The van der Waals surface area contributed by atoms with Crippen LogP contribution in [-0.4, -0.2) is 20.5 Å². The maximum atomic E-state index is 12.3. The minimum atomic E-state index is -3.67. The van der Waals surface area contributed by atoms with Crippen LogP contribution >= 0.6 is 11.3 Å². The molecule has 1 aromatic carbocycles.